The summed E-state index contributed by atoms with van der Waals surface area (Å²) in [5.74, 6) is 0.732. The first-order chi connectivity index (χ1) is 14.6. The number of anilines is 1. The molecule has 8 heteroatoms. The molecule has 1 atom stereocenters. The van der Waals surface area contributed by atoms with Crippen LogP contribution in [0.1, 0.15) is 12.8 Å². The number of hydrogen-bond donors (Lipinski definition) is 4. The van der Waals surface area contributed by atoms with Gasteiger partial charge in [-0.3, -0.25) is 4.79 Å². The molecular formula is C22H24FN3O4. The largest absolute Gasteiger partial charge is 0.504 e. The Hall–Kier alpha value is -3.26. The minimum atomic E-state index is -0.607. The van der Waals surface area contributed by atoms with Gasteiger partial charge in [-0.2, -0.15) is 0 Å². The van der Waals surface area contributed by atoms with Gasteiger partial charge >= 0.3 is 0 Å². The first kappa shape index (κ1) is 20.0. The molecule has 1 saturated heterocycles. The summed E-state index contributed by atoms with van der Waals surface area (Å²) in [6.45, 7) is 2.53. The van der Waals surface area contributed by atoms with Gasteiger partial charge in [-0.25, -0.2) is 4.39 Å². The van der Waals surface area contributed by atoms with E-state index in [1.54, 1.807) is 30.5 Å². The Labute approximate surface area is 173 Å². The molecule has 2 aliphatic heterocycles. The van der Waals surface area contributed by atoms with Crippen molar-refractivity contribution in [1.29, 1.82) is 0 Å². The van der Waals surface area contributed by atoms with Crippen LogP contribution in [0.3, 0.4) is 0 Å². The lowest BCUT2D eigenvalue weighted by molar-refractivity contribution is -0.105. The molecule has 3 aliphatic rings. The number of ether oxygens (including phenoxy) is 2. The third-order valence-corrected chi connectivity index (χ3v) is 5.30. The lowest BCUT2D eigenvalue weighted by Gasteiger charge is -2.28. The number of piperidine rings is 1. The second kappa shape index (κ2) is 9.04. The van der Waals surface area contributed by atoms with E-state index >= 15 is 0 Å². The monoisotopic (exact) mass is 413 g/mol. The van der Waals surface area contributed by atoms with Crippen LogP contribution in [-0.2, 0) is 9.53 Å². The zero-order chi connectivity index (χ0) is 20.9. The predicted molar refractivity (Wildman–Crippen MR) is 110 cm³/mol. The summed E-state index contributed by atoms with van der Waals surface area (Å²) in [6, 6.07) is 3.90. The molecule has 1 amide bonds. The Balaban J connectivity index is 1.49. The number of dihydropyridines is 1. The highest BCUT2D eigenvalue weighted by molar-refractivity contribution is 5.71. The Morgan fingerprint density at radius 1 is 1.30 bits per heavy atom. The van der Waals surface area contributed by atoms with Gasteiger partial charge in [0, 0.05) is 23.5 Å². The first-order valence-electron chi connectivity index (χ1n) is 9.95. The van der Waals surface area contributed by atoms with Gasteiger partial charge in [0.15, 0.2) is 23.1 Å². The number of carbonyl (C=O) groups excluding carboxylic acids is 1. The number of hydrogen-bond acceptors (Lipinski definition) is 6. The lowest BCUT2D eigenvalue weighted by Crippen LogP contribution is -2.32. The highest BCUT2D eigenvalue weighted by atomic mass is 19.1. The van der Waals surface area contributed by atoms with Crippen LogP contribution in [0.5, 0.6) is 5.75 Å². The van der Waals surface area contributed by atoms with E-state index < -0.39 is 5.82 Å². The Bertz CT molecular complexity index is 932. The van der Waals surface area contributed by atoms with Crippen molar-refractivity contribution in [1.82, 2.24) is 10.6 Å². The molecule has 1 aromatic rings. The molecule has 7 nitrogen and oxygen atoms in total. The molecule has 2 heterocycles. The van der Waals surface area contributed by atoms with Crippen LogP contribution in [0.25, 0.3) is 0 Å². The maximum absolute atomic E-state index is 14.3. The van der Waals surface area contributed by atoms with Gasteiger partial charge in [-0.05, 0) is 62.2 Å². The van der Waals surface area contributed by atoms with Crippen molar-refractivity contribution in [2.75, 3.05) is 25.0 Å². The molecule has 1 unspecified atom stereocenters. The van der Waals surface area contributed by atoms with Crippen molar-refractivity contribution < 1.29 is 23.8 Å². The fourth-order valence-electron chi connectivity index (χ4n) is 3.65. The van der Waals surface area contributed by atoms with E-state index in [2.05, 4.69) is 16.0 Å². The average Bonchev–Trinajstić information content (AvgIpc) is 2.75. The topological polar surface area (TPSA) is 91.9 Å². The Morgan fingerprint density at radius 3 is 2.90 bits per heavy atom. The number of nitrogens with one attached hydrogen (secondary N) is 3. The van der Waals surface area contributed by atoms with Crippen LogP contribution in [-0.4, -0.2) is 37.3 Å². The van der Waals surface area contributed by atoms with Gasteiger partial charge in [-0.1, -0.05) is 0 Å². The molecule has 30 heavy (non-hydrogen) atoms. The molecule has 4 N–H and O–H groups in total. The van der Waals surface area contributed by atoms with E-state index in [-0.39, 0.29) is 17.6 Å². The van der Waals surface area contributed by atoms with Crippen molar-refractivity contribution >= 4 is 12.1 Å². The van der Waals surface area contributed by atoms with Gasteiger partial charge in [0.1, 0.15) is 5.76 Å². The number of rotatable bonds is 7. The molecule has 0 saturated carbocycles. The number of aliphatic hydroxyl groups is 1. The van der Waals surface area contributed by atoms with Crippen LogP contribution in [0.4, 0.5) is 10.1 Å². The SMILES string of the molecule is O=CNc1ccc(OC2=C3C=C(O)C(OCC4CCNCC4)=CC3NC=C2)c(F)c1. The van der Waals surface area contributed by atoms with Crippen LogP contribution in [0.2, 0.25) is 0 Å². The third-order valence-electron chi connectivity index (χ3n) is 5.30. The fraction of sp³-hybridized carbons (Fsp3) is 0.318. The third kappa shape index (κ3) is 4.49. The predicted octanol–water partition coefficient (Wildman–Crippen LogP) is 2.87. The fourth-order valence-corrected chi connectivity index (χ4v) is 3.65. The second-order valence-electron chi connectivity index (χ2n) is 7.37. The number of aliphatic hydroxyl groups excluding tert-OH is 1. The van der Waals surface area contributed by atoms with Gasteiger partial charge in [0.25, 0.3) is 0 Å². The van der Waals surface area contributed by atoms with Gasteiger partial charge in [0.2, 0.25) is 6.41 Å². The standard InChI is InChI=1S/C22H24FN3O4/c23-17-9-15(26-13-27)1-2-21(17)30-20-5-8-25-18-11-22(19(28)10-16(18)20)29-12-14-3-6-24-7-4-14/h1-2,5,8-11,13-14,18,24-25,28H,3-4,6-7,12H2,(H,26,27). The number of benzene rings is 1. The van der Waals surface area contributed by atoms with Crippen molar-refractivity contribution in [2.45, 2.75) is 18.9 Å². The molecule has 1 aromatic carbocycles. The van der Waals surface area contributed by atoms with E-state index in [1.807, 2.05) is 0 Å². The van der Waals surface area contributed by atoms with Crippen LogP contribution < -0.4 is 20.7 Å². The summed E-state index contributed by atoms with van der Waals surface area (Å²) in [6.07, 6.45) is 9.34. The van der Waals surface area contributed by atoms with Crippen molar-refractivity contribution in [3.05, 3.63) is 71.3 Å². The molecule has 4 rings (SSSR count). The molecule has 158 valence electrons. The summed E-state index contributed by atoms with van der Waals surface area (Å²) in [5.41, 5.74) is 0.999. The van der Waals surface area contributed by atoms with E-state index in [4.69, 9.17) is 9.47 Å². The molecule has 0 radical (unpaired) electrons. The second-order valence-corrected chi connectivity index (χ2v) is 7.37. The summed E-state index contributed by atoms with van der Waals surface area (Å²) in [7, 11) is 0. The normalized spacial score (nSPS) is 21.2. The van der Waals surface area contributed by atoms with Gasteiger partial charge < -0.3 is 30.5 Å². The minimum Gasteiger partial charge on any atom is -0.504 e. The van der Waals surface area contributed by atoms with Gasteiger partial charge in [-0.15, -0.1) is 0 Å². The van der Waals surface area contributed by atoms with Crippen molar-refractivity contribution in [3.8, 4) is 5.75 Å². The molecule has 0 bridgehead atoms. The van der Waals surface area contributed by atoms with E-state index in [1.165, 1.54) is 12.1 Å². The van der Waals surface area contributed by atoms with Gasteiger partial charge in [0.05, 0.1) is 12.6 Å². The molecule has 0 spiro atoms. The van der Waals surface area contributed by atoms with E-state index in [0.29, 0.717) is 41.7 Å². The lowest BCUT2D eigenvalue weighted by atomic mass is 9.96. The van der Waals surface area contributed by atoms with Crippen molar-refractivity contribution in [2.24, 2.45) is 5.92 Å². The Morgan fingerprint density at radius 2 is 2.13 bits per heavy atom. The smallest absolute Gasteiger partial charge is 0.211 e. The summed E-state index contributed by atoms with van der Waals surface area (Å²) in [4.78, 5) is 10.5. The average molecular weight is 413 g/mol. The molecular weight excluding hydrogens is 389 g/mol. The number of carbonyl (C=O) groups is 1. The maximum atomic E-state index is 14.3. The van der Waals surface area contributed by atoms with Crippen LogP contribution in [0.15, 0.2) is 65.5 Å². The molecule has 1 fully saturated rings. The summed E-state index contributed by atoms with van der Waals surface area (Å²) < 4.78 is 26.0. The molecule has 1 aliphatic carbocycles. The highest BCUT2D eigenvalue weighted by Gasteiger charge is 2.26. The zero-order valence-electron chi connectivity index (χ0n) is 16.4. The number of fused-ring (bicyclic) bond motifs is 1. The number of amides is 1. The minimum absolute atomic E-state index is 0.0133. The number of allylic oxidation sites excluding steroid dienone is 1. The first-order valence-corrected chi connectivity index (χ1v) is 9.95. The van der Waals surface area contributed by atoms with Crippen LogP contribution in [0, 0.1) is 11.7 Å². The zero-order valence-corrected chi connectivity index (χ0v) is 16.4. The molecule has 0 aromatic heterocycles. The summed E-state index contributed by atoms with van der Waals surface area (Å²) in [5, 5.41) is 19.4. The number of halogens is 1. The van der Waals surface area contributed by atoms with Crippen LogP contribution >= 0.6 is 0 Å². The quantitative estimate of drug-likeness (QED) is 0.514. The Kier molecular flexibility index (Phi) is 6.04. The highest BCUT2D eigenvalue weighted by Crippen LogP contribution is 2.31. The van der Waals surface area contributed by atoms with Crippen molar-refractivity contribution in [3.63, 3.8) is 0 Å². The van der Waals surface area contributed by atoms with E-state index in [0.717, 1.165) is 25.9 Å². The maximum Gasteiger partial charge on any atom is 0.211 e. The summed E-state index contributed by atoms with van der Waals surface area (Å²) >= 11 is 0. The van der Waals surface area contributed by atoms with E-state index in [9.17, 15) is 14.3 Å².